The van der Waals surface area contributed by atoms with E-state index < -0.39 is 0 Å². The maximum absolute atomic E-state index is 5.51. The lowest BCUT2D eigenvalue weighted by molar-refractivity contribution is 0.0792. The van der Waals surface area contributed by atoms with E-state index in [4.69, 9.17) is 4.74 Å². The lowest BCUT2D eigenvalue weighted by atomic mass is 10.1. The quantitative estimate of drug-likeness (QED) is 0.714. The lowest BCUT2D eigenvalue weighted by Gasteiger charge is -2.18. The van der Waals surface area contributed by atoms with Crippen molar-refractivity contribution in [3.8, 4) is 0 Å². The van der Waals surface area contributed by atoms with Gasteiger partial charge in [0.15, 0.2) is 0 Å². The van der Waals surface area contributed by atoms with Crippen molar-refractivity contribution >= 4 is 0 Å². The van der Waals surface area contributed by atoms with Crippen LogP contribution < -0.4 is 5.32 Å². The summed E-state index contributed by atoms with van der Waals surface area (Å²) >= 11 is 0. The predicted molar refractivity (Wildman–Crippen MR) is 68.6 cm³/mol. The Morgan fingerprint density at radius 2 is 1.88 bits per heavy atom. The van der Waals surface area contributed by atoms with Gasteiger partial charge in [0.25, 0.3) is 0 Å². The fraction of sp³-hybridized carbons (Fsp3) is 0.571. The van der Waals surface area contributed by atoms with Gasteiger partial charge in [-0.25, -0.2) is 0 Å². The molecular weight excluding hydrogens is 198 g/mol. The van der Waals surface area contributed by atoms with Crippen molar-refractivity contribution in [3.05, 3.63) is 35.9 Å². The summed E-state index contributed by atoms with van der Waals surface area (Å²) in [4.78, 5) is 0. The first kappa shape index (κ1) is 13.2. The van der Waals surface area contributed by atoms with E-state index in [0.29, 0.717) is 12.1 Å². The Hall–Kier alpha value is -0.860. The predicted octanol–water partition coefficient (Wildman–Crippen LogP) is 3.15. The molecule has 0 saturated heterocycles. The molecule has 1 N–H and O–H groups in total. The van der Waals surface area contributed by atoms with Crippen LogP contribution in [0.15, 0.2) is 30.3 Å². The van der Waals surface area contributed by atoms with Gasteiger partial charge in [-0.2, -0.15) is 0 Å². The first-order chi connectivity index (χ1) is 7.74. The molecule has 0 amide bonds. The van der Waals surface area contributed by atoms with Crippen LogP contribution in [-0.4, -0.2) is 19.3 Å². The van der Waals surface area contributed by atoms with Gasteiger partial charge in [-0.15, -0.1) is 0 Å². The van der Waals surface area contributed by atoms with Crippen LogP contribution in [0.1, 0.15) is 38.8 Å². The van der Waals surface area contributed by atoms with Crippen LogP contribution in [0.4, 0.5) is 0 Å². The van der Waals surface area contributed by atoms with Gasteiger partial charge in [-0.1, -0.05) is 37.3 Å². The summed E-state index contributed by atoms with van der Waals surface area (Å²) in [5, 5.41) is 3.52. The Labute approximate surface area is 99.0 Å². The highest BCUT2D eigenvalue weighted by molar-refractivity contribution is 5.18. The Morgan fingerprint density at radius 1 is 1.19 bits per heavy atom. The number of rotatable bonds is 7. The van der Waals surface area contributed by atoms with Crippen molar-refractivity contribution in [2.45, 2.75) is 39.3 Å². The molecule has 1 rings (SSSR count). The van der Waals surface area contributed by atoms with Crippen LogP contribution in [0.25, 0.3) is 0 Å². The van der Waals surface area contributed by atoms with Crippen molar-refractivity contribution in [1.82, 2.24) is 5.32 Å². The summed E-state index contributed by atoms with van der Waals surface area (Å²) in [6, 6.07) is 11.0. The Balaban J connectivity index is 2.33. The molecule has 0 aliphatic heterocycles. The second-order valence-electron chi connectivity index (χ2n) is 4.25. The topological polar surface area (TPSA) is 21.3 Å². The molecule has 1 unspecified atom stereocenters. The smallest absolute Gasteiger partial charge is 0.0594 e. The van der Waals surface area contributed by atoms with E-state index in [0.717, 1.165) is 19.6 Å². The Morgan fingerprint density at radius 3 is 2.44 bits per heavy atom. The van der Waals surface area contributed by atoms with Gasteiger partial charge in [-0.05, 0) is 25.8 Å². The third kappa shape index (κ3) is 4.77. The maximum Gasteiger partial charge on any atom is 0.0594 e. The van der Waals surface area contributed by atoms with Crippen LogP contribution in [-0.2, 0) is 4.74 Å². The highest BCUT2D eigenvalue weighted by Gasteiger charge is 2.07. The zero-order valence-corrected chi connectivity index (χ0v) is 10.6. The van der Waals surface area contributed by atoms with Crippen LogP contribution in [0.2, 0.25) is 0 Å². The third-order valence-electron chi connectivity index (χ3n) is 2.55. The summed E-state index contributed by atoms with van der Waals surface area (Å²) in [6.45, 7) is 8.02. The molecule has 0 radical (unpaired) electrons. The molecule has 0 heterocycles. The van der Waals surface area contributed by atoms with Gasteiger partial charge in [0.05, 0.1) is 12.7 Å². The first-order valence-electron chi connectivity index (χ1n) is 6.14. The van der Waals surface area contributed by atoms with E-state index in [9.17, 15) is 0 Å². The third-order valence-corrected chi connectivity index (χ3v) is 2.55. The van der Waals surface area contributed by atoms with E-state index in [1.807, 2.05) is 0 Å². The molecule has 0 bridgehead atoms. The molecule has 2 heteroatoms. The van der Waals surface area contributed by atoms with E-state index in [2.05, 4.69) is 56.4 Å². The van der Waals surface area contributed by atoms with Crippen molar-refractivity contribution in [2.24, 2.45) is 0 Å². The summed E-state index contributed by atoms with van der Waals surface area (Å²) in [6.07, 6.45) is 1.42. The number of benzene rings is 1. The molecular formula is C14H23NO. The minimum absolute atomic E-state index is 0.318. The first-order valence-corrected chi connectivity index (χ1v) is 6.14. The molecule has 0 aliphatic carbocycles. The minimum atomic E-state index is 0.318. The van der Waals surface area contributed by atoms with Crippen molar-refractivity contribution in [3.63, 3.8) is 0 Å². The standard InChI is InChI=1S/C14H23NO/c1-4-14(13-8-6-5-7-9-13)15-10-11-16-12(2)3/h5-9,12,14-15H,4,10-11H2,1-3H3. The van der Waals surface area contributed by atoms with Gasteiger partial charge in [0, 0.05) is 12.6 Å². The molecule has 1 atom stereocenters. The lowest BCUT2D eigenvalue weighted by Crippen LogP contribution is -2.25. The van der Waals surface area contributed by atoms with Crippen molar-refractivity contribution in [2.75, 3.05) is 13.2 Å². The molecule has 1 aromatic carbocycles. The van der Waals surface area contributed by atoms with Crippen LogP contribution in [0, 0.1) is 0 Å². The van der Waals surface area contributed by atoms with E-state index in [-0.39, 0.29) is 0 Å². The number of nitrogens with one attached hydrogen (secondary N) is 1. The van der Waals surface area contributed by atoms with Gasteiger partial charge in [0.1, 0.15) is 0 Å². The highest BCUT2D eigenvalue weighted by Crippen LogP contribution is 2.15. The molecule has 0 fully saturated rings. The highest BCUT2D eigenvalue weighted by atomic mass is 16.5. The van der Waals surface area contributed by atoms with Gasteiger partial charge in [0.2, 0.25) is 0 Å². The summed E-state index contributed by atoms with van der Waals surface area (Å²) in [5.74, 6) is 0. The monoisotopic (exact) mass is 221 g/mol. The summed E-state index contributed by atoms with van der Waals surface area (Å²) < 4.78 is 5.51. The number of hydrogen-bond donors (Lipinski definition) is 1. The van der Waals surface area contributed by atoms with E-state index in [1.54, 1.807) is 0 Å². The molecule has 0 spiro atoms. The fourth-order valence-electron chi connectivity index (χ4n) is 1.71. The van der Waals surface area contributed by atoms with Crippen LogP contribution in [0.3, 0.4) is 0 Å². The molecule has 0 aliphatic rings. The second kappa shape index (κ2) is 7.42. The summed E-state index contributed by atoms with van der Waals surface area (Å²) in [7, 11) is 0. The van der Waals surface area contributed by atoms with Gasteiger partial charge >= 0.3 is 0 Å². The second-order valence-corrected chi connectivity index (χ2v) is 4.25. The maximum atomic E-state index is 5.51. The molecule has 2 nitrogen and oxygen atoms in total. The largest absolute Gasteiger partial charge is 0.377 e. The molecule has 0 aromatic heterocycles. The van der Waals surface area contributed by atoms with Gasteiger partial charge in [-0.3, -0.25) is 0 Å². The average molecular weight is 221 g/mol. The van der Waals surface area contributed by atoms with Crippen LogP contribution >= 0.6 is 0 Å². The zero-order chi connectivity index (χ0) is 11.8. The Bertz CT molecular complexity index is 271. The minimum Gasteiger partial charge on any atom is -0.377 e. The zero-order valence-electron chi connectivity index (χ0n) is 10.6. The van der Waals surface area contributed by atoms with Crippen molar-refractivity contribution in [1.29, 1.82) is 0 Å². The number of ether oxygens (including phenoxy) is 1. The Kier molecular flexibility index (Phi) is 6.12. The van der Waals surface area contributed by atoms with Crippen molar-refractivity contribution < 1.29 is 4.74 Å². The molecule has 0 saturated carbocycles. The average Bonchev–Trinajstić information content (AvgIpc) is 2.30. The molecule has 90 valence electrons. The van der Waals surface area contributed by atoms with E-state index >= 15 is 0 Å². The molecule has 16 heavy (non-hydrogen) atoms. The SMILES string of the molecule is CCC(NCCOC(C)C)c1ccccc1. The normalized spacial score (nSPS) is 13.0. The summed E-state index contributed by atoms with van der Waals surface area (Å²) in [5.41, 5.74) is 1.36. The van der Waals surface area contributed by atoms with E-state index in [1.165, 1.54) is 5.56 Å². The van der Waals surface area contributed by atoms with Crippen LogP contribution in [0.5, 0.6) is 0 Å². The number of hydrogen-bond acceptors (Lipinski definition) is 2. The van der Waals surface area contributed by atoms with Gasteiger partial charge < -0.3 is 10.1 Å². The molecule has 1 aromatic rings. The fourth-order valence-corrected chi connectivity index (χ4v) is 1.71.